The summed E-state index contributed by atoms with van der Waals surface area (Å²) in [4.78, 5) is 49.4. The Morgan fingerprint density at radius 2 is 1.33 bits per heavy atom. The molecule has 0 amide bonds. The summed E-state index contributed by atoms with van der Waals surface area (Å²) >= 11 is 0. The van der Waals surface area contributed by atoms with Crippen molar-refractivity contribution in [1.82, 2.24) is 0 Å². The first-order chi connectivity index (χ1) is 20.2. The highest BCUT2D eigenvalue weighted by Gasteiger charge is 2.24. The van der Waals surface area contributed by atoms with Crippen molar-refractivity contribution >= 4 is 24.4 Å². The molecular formula is C31H47NO11. The topological polar surface area (TPSA) is 159 Å². The molecule has 0 bridgehead atoms. The fraction of sp³-hybridized carbons (Fsp3) is 0.677. The van der Waals surface area contributed by atoms with Crippen LogP contribution in [0.5, 0.6) is 11.5 Å². The van der Waals surface area contributed by atoms with E-state index in [-0.39, 0.29) is 42.5 Å². The maximum atomic E-state index is 12.6. The zero-order valence-electron chi connectivity index (χ0n) is 26.3. The predicted molar refractivity (Wildman–Crippen MR) is 156 cm³/mol. The van der Waals surface area contributed by atoms with Crippen LogP contribution in [-0.4, -0.2) is 61.5 Å². The van der Waals surface area contributed by atoms with Gasteiger partial charge in [-0.1, -0.05) is 40.2 Å². The molecule has 1 aromatic rings. The maximum Gasteiger partial charge on any atom is 0.514 e. The summed E-state index contributed by atoms with van der Waals surface area (Å²) in [6.45, 7) is 12.4. The smallest absolute Gasteiger partial charge is 0.458 e. The van der Waals surface area contributed by atoms with Crippen LogP contribution in [-0.2, 0) is 34.9 Å². The van der Waals surface area contributed by atoms with Gasteiger partial charge in [0.15, 0.2) is 11.5 Å². The van der Waals surface area contributed by atoms with Crippen LogP contribution in [0.1, 0.15) is 86.1 Å². The molecule has 12 nitrogen and oxygen atoms in total. The molecule has 2 rings (SSSR count). The van der Waals surface area contributed by atoms with Crippen molar-refractivity contribution in [3.05, 3.63) is 23.8 Å². The molecule has 12 heteroatoms. The first-order valence-electron chi connectivity index (χ1n) is 14.9. The van der Waals surface area contributed by atoms with E-state index >= 15 is 0 Å². The van der Waals surface area contributed by atoms with E-state index in [0.717, 1.165) is 32.1 Å². The Bertz CT molecular complexity index is 1070. The minimum Gasteiger partial charge on any atom is -0.458 e. The third-order valence-electron chi connectivity index (χ3n) is 7.16. The van der Waals surface area contributed by atoms with Crippen LogP contribution in [0.25, 0.3) is 0 Å². The second-order valence-corrected chi connectivity index (χ2v) is 11.6. The highest BCUT2D eigenvalue weighted by atomic mass is 16.8. The van der Waals surface area contributed by atoms with Crippen LogP contribution < -0.4 is 15.2 Å². The fourth-order valence-corrected chi connectivity index (χ4v) is 3.84. The maximum absolute atomic E-state index is 12.6. The van der Waals surface area contributed by atoms with Crippen molar-refractivity contribution in [3.63, 3.8) is 0 Å². The lowest BCUT2D eigenvalue weighted by Gasteiger charge is -2.22. The molecule has 2 unspecified atom stereocenters. The van der Waals surface area contributed by atoms with E-state index in [1.807, 2.05) is 27.7 Å². The summed E-state index contributed by atoms with van der Waals surface area (Å²) in [7, 11) is 0. The average Bonchev–Trinajstić information content (AvgIpc) is 2.93. The van der Waals surface area contributed by atoms with Crippen LogP contribution in [0.4, 0.5) is 14.4 Å². The van der Waals surface area contributed by atoms with Crippen LogP contribution in [0.15, 0.2) is 18.2 Å². The van der Waals surface area contributed by atoms with Gasteiger partial charge in [0.25, 0.3) is 0 Å². The first kappa shape index (κ1) is 35.7. The number of benzene rings is 1. The van der Waals surface area contributed by atoms with Crippen molar-refractivity contribution in [1.29, 1.82) is 0 Å². The summed E-state index contributed by atoms with van der Waals surface area (Å²) in [5.41, 5.74) is 6.57. The molecule has 1 aliphatic carbocycles. The second kappa shape index (κ2) is 17.5. The molecule has 242 valence electrons. The molecule has 1 saturated carbocycles. The van der Waals surface area contributed by atoms with Gasteiger partial charge in [-0.2, -0.15) is 0 Å². The van der Waals surface area contributed by atoms with Crippen LogP contribution in [0, 0.1) is 11.8 Å². The minimum absolute atomic E-state index is 0.000946. The summed E-state index contributed by atoms with van der Waals surface area (Å²) in [5, 5.41) is 0. The fourth-order valence-electron chi connectivity index (χ4n) is 3.84. The van der Waals surface area contributed by atoms with Crippen molar-refractivity contribution in [2.24, 2.45) is 17.6 Å². The van der Waals surface area contributed by atoms with Crippen molar-refractivity contribution in [3.8, 4) is 11.5 Å². The van der Waals surface area contributed by atoms with Crippen LogP contribution in [0.3, 0.4) is 0 Å². The Balaban J connectivity index is 2.01. The van der Waals surface area contributed by atoms with E-state index in [9.17, 15) is 19.2 Å². The largest absolute Gasteiger partial charge is 0.514 e. The van der Waals surface area contributed by atoms with E-state index < -0.39 is 48.8 Å². The van der Waals surface area contributed by atoms with E-state index in [0.29, 0.717) is 5.56 Å². The van der Waals surface area contributed by atoms with Crippen LogP contribution in [0.2, 0.25) is 0 Å². The molecule has 4 atom stereocenters. The Labute approximate surface area is 253 Å². The van der Waals surface area contributed by atoms with Crippen molar-refractivity contribution in [2.45, 2.75) is 117 Å². The second-order valence-electron chi connectivity index (χ2n) is 11.6. The lowest BCUT2D eigenvalue weighted by atomic mass is 9.98. The summed E-state index contributed by atoms with van der Waals surface area (Å²) in [6, 6.07) is 3.28. The van der Waals surface area contributed by atoms with Gasteiger partial charge in [0, 0.05) is 0 Å². The Morgan fingerprint density at radius 1 is 0.767 bits per heavy atom. The monoisotopic (exact) mass is 609 g/mol. The molecular weight excluding hydrogens is 562 g/mol. The number of nitrogens with two attached hydrogens (primary N) is 1. The zero-order valence-corrected chi connectivity index (χ0v) is 26.3. The lowest BCUT2D eigenvalue weighted by molar-refractivity contribution is -0.152. The lowest BCUT2D eigenvalue weighted by Crippen LogP contribution is -2.37. The highest BCUT2D eigenvalue weighted by Crippen LogP contribution is 2.30. The van der Waals surface area contributed by atoms with Crippen LogP contribution >= 0.6 is 0 Å². The molecule has 1 aliphatic rings. The molecule has 0 aromatic heterocycles. The number of rotatable bonds is 13. The highest BCUT2D eigenvalue weighted by molar-refractivity contribution is 5.76. The third kappa shape index (κ3) is 13.1. The number of hydrogen-bond donors (Lipinski definition) is 1. The zero-order chi connectivity index (χ0) is 32.1. The Hall–Kier alpha value is -3.54. The van der Waals surface area contributed by atoms with Gasteiger partial charge in [-0.25, -0.2) is 14.4 Å². The van der Waals surface area contributed by atoms with Crippen molar-refractivity contribution < 1.29 is 52.3 Å². The third-order valence-corrected chi connectivity index (χ3v) is 7.16. The molecule has 2 N–H and O–H groups in total. The van der Waals surface area contributed by atoms with E-state index in [1.54, 1.807) is 26.8 Å². The number of carbonyl (C=O) groups excluding carboxylic acids is 4. The molecule has 0 spiro atoms. The van der Waals surface area contributed by atoms with E-state index in [2.05, 4.69) is 0 Å². The van der Waals surface area contributed by atoms with Gasteiger partial charge in [-0.3, -0.25) is 4.79 Å². The summed E-state index contributed by atoms with van der Waals surface area (Å²) in [5.74, 6) is -0.825. The predicted octanol–water partition coefficient (Wildman–Crippen LogP) is 6.09. The van der Waals surface area contributed by atoms with Gasteiger partial charge < -0.3 is 38.9 Å². The number of ether oxygens (including phenoxy) is 7. The van der Waals surface area contributed by atoms with Gasteiger partial charge >= 0.3 is 24.4 Å². The average molecular weight is 610 g/mol. The first-order valence-corrected chi connectivity index (χ1v) is 14.9. The minimum atomic E-state index is -1.10. The van der Waals surface area contributed by atoms with Crippen molar-refractivity contribution in [2.75, 3.05) is 6.61 Å². The number of esters is 1. The van der Waals surface area contributed by atoms with Gasteiger partial charge in [-0.15, -0.1) is 0 Å². The quantitative estimate of drug-likeness (QED) is 0.156. The van der Waals surface area contributed by atoms with E-state index in [4.69, 9.17) is 38.9 Å². The molecule has 0 aliphatic heterocycles. The normalized spacial score (nSPS) is 16.4. The van der Waals surface area contributed by atoms with Gasteiger partial charge in [-0.05, 0) is 82.4 Å². The Kier molecular flexibility index (Phi) is 14.5. The van der Waals surface area contributed by atoms with E-state index in [1.165, 1.54) is 12.1 Å². The molecule has 1 aromatic carbocycles. The Morgan fingerprint density at radius 3 is 1.88 bits per heavy atom. The number of hydrogen-bond acceptors (Lipinski definition) is 12. The molecule has 0 radical (unpaired) electrons. The SMILES string of the molecule is CC(C)C(C)OC(=O)Oc1ccc(C[C@H](N)C(=O)O[C@@H](C)COC(=O)OC2CCCCC2)cc1OC(=O)OC(C)C(C)C. The molecule has 0 heterocycles. The summed E-state index contributed by atoms with van der Waals surface area (Å²) in [6.07, 6.45) is 0.277. The molecule has 43 heavy (non-hydrogen) atoms. The summed E-state index contributed by atoms with van der Waals surface area (Å²) < 4.78 is 36.9. The van der Waals surface area contributed by atoms with Gasteiger partial charge in [0.2, 0.25) is 0 Å². The number of carbonyl (C=O) groups is 4. The standard InChI is InChI=1S/C31H47NO11/c1-18(2)21(6)39-30(35)42-26-14-13-23(16-27(26)43-31(36)40-22(7)19(3)4)15-25(32)28(33)38-20(5)17-37-29(34)41-24-11-9-8-10-12-24/h13-14,16,18-22,24-25H,8-12,15,17,32H2,1-7H3/t20-,21?,22?,25-/m0/s1. The van der Waals surface area contributed by atoms with Gasteiger partial charge in [0.05, 0.1) is 0 Å². The molecule has 0 saturated heterocycles. The van der Waals surface area contributed by atoms with Gasteiger partial charge in [0.1, 0.15) is 37.1 Å². The molecule has 1 fully saturated rings.